The Labute approximate surface area is 227 Å². The number of hydrogen-bond acceptors (Lipinski definition) is 8. The van der Waals surface area contributed by atoms with E-state index in [9.17, 15) is 13.2 Å². The van der Waals surface area contributed by atoms with Crippen LogP contribution in [-0.4, -0.2) is 112 Å². The van der Waals surface area contributed by atoms with Crippen molar-refractivity contribution >= 4 is 28.6 Å². The van der Waals surface area contributed by atoms with Gasteiger partial charge in [0.25, 0.3) is 5.91 Å². The molecule has 0 bridgehead atoms. The van der Waals surface area contributed by atoms with Gasteiger partial charge in [0.2, 0.25) is 10.0 Å². The minimum Gasteiger partial charge on any atom is -0.338 e. The van der Waals surface area contributed by atoms with Gasteiger partial charge in [0.1, 0.15) is 6.33 Å². The molecule has 1 aliphatic carbocycles. The zero-order valence-corrected chi connectivity index (χ0v) is 24.2. The number of aromatic nitrogens is 2. The van der Waals surface area contributed by atoms with Crippen molar-refractivity contribution in [3.63, 3.8) is 0 Å². The number of nitrogens with zero attached hydrogens (tertiary/aromatic N) is 6. The van der Waals surface area contributed by atoms with E-state index in [0.717, 1.165) is 76.1 Å². The standard InChI is InChI=1S/C26H42N6O3S2/c1-19-16-31(15-14-30(19)17-22-6-10-32(11-7-22)37(34,35)23-4-5-23)26(36)8-12-29(13-9-26)25(33)24-20(2)27-18-28-21(24)3/h18-19,22-23,36H,4-17H2,1-3H3. The molecule has 37 heavy (non-hydrogen) atoms. The second-order valence-electron chi connectivity index (χ2n) is 11.6. The minimum absolute atomic E-state index is 0.0279. The second-order valence-corrected chi connectivity index (χ2v) is 14.6. The van der Waals surface area contributed by atoms with Gasteiger partial charge in [0.15, 0.2) is 0 Å². The van der Waals surface area contributed by atoms with Crippen molar-refractivity contribution in [2.45, 2.75) is 75.5 Å². The second kappa shape index (κ2) is 10.7. The van der Waals surface area contributed by atoms with Crippen LogP contribution in [0.1, 0.15) is 67.2 Å². The Kier molecular flexibility index (Phi) is 7.91. The lowest BCUT2D eigenvalue weighted by Gasteiger charge is -2.51. The maximum Gasteiger partial charge on any atom is 0.257 e. The molecule has 1 saturated carbocycles. The van der Waals surface area contributed by atoms with Gasteiger partial charge in [0, 0.05) is 58.4 Å². The molecular formula is C26H42N6O3S2. The molecule has 11 heteroatoms. The first-order chi connectivity index (χ1) is 17.6. The molecule has 3 aliphatic heterocycles. The first-order valence-electron chi connectivity index (χ1n) is 13.9. The maximum atomic E-state index is 13.2. The summed E-state index contributed by atoms with van der Waals surface area (Å²) in [4.78, 5) is 28.5. The van der Waals surface area contributed by atoms with E-state index >= 15 is 0 Å². The van der Waals surface area contributed by atoms with Crippen LogP contribution < -0.4 is 0 Å². The lowest BCUT2D eigenvalue weighted by atomic mass is 9.95. The molecule has 1 aromatic rings. The number of piperazine rings is 1. The number of thiol groups is 1. The van der Waals surface area contributed by atoms with E-state index in [1.165, 1.54) is 6.33 Å². The van der Waals surface area contributed by atoms with Gasteiger partial charge >= 0.3 is 0 Å². The molecule has 0 spiro atoms. The van der Waals surface area contributed by atoms with Crippen LogP contribution in [0.2, 0.25) is 0 Å². The van der Waals surface area contributed by atoms with Crippen LogP contribution in [-0.2, 0) is 10.0 Å². The van der Waals surface area contributed by atoms with Gasteiger partial charge in [-0.05, 0) is 65.2 Å². The van der Waals surface area contributed by atoms with Crippen LogP contribution in [0.5, 0.6) is 0 Å². The SMILES string of the molecule is Cc1ncnc(C)c1C(=O)N1CCC(S)(N2CCN(CC3CCN(S(=O)(=O)C4CC4)CC3)C(C)C2)CC1. The lowest BCUT2D eigenvalue weighted by molar-refractivity contribution is 0.00862. The van der Waals surface area contributed by atoms with E-state index in [1.807, 2.05) is 18.7 Å². The molecule has 1 atom stereocenters. The summed E-state index contributed by atoms with van der Waals surface area (Å²) in [5.74, 6) is 0.591. The van der Waals surface area contributed by atoms with Gasteiger partial charge in [-0.2, -0.15) is 12.6 Å². The molecule has 0 radical (unpaired) electrons. The molecule has 206 valence electrons. The van der Waals surface area contributed by atoms with E-state index < -0.39 is 10.0 Å². The summed E-state index contributed by atoms with van der Waals surface area (Å²) < 4.78 is 26.8. The largest absolute Gasteiger partial charge is 0.338 e. The highest BCUT2D eigenvalue weighted by Gasteiger charge is 2.43. The molecule has 3 saturated heterocycles. The summed E-state index contributed by atoms with van der Waals surface area (Å²) in [7, 11) is -3.04. The smallest absolute Gasteiger partial charge is 0.257 e. The number of likely N-dealkylation sites (tertiary alicyclic amines) is 1. The Hall–Kier alpha value is -1.27. The number of carbonyl (C=O) groups excluding carboxylic acids is 1. The summed E-state index contributed by atoms with van der Waals surface area (Å²) in [6, 6.07) is 0.428. The van der Waals surface area contributed by atoms with E-state index in [0.29, 0.717) is 43.7 Å². The molecule has 0 aromatic carbocycles. The summed E-state index contributed by atoms with van der Waals surface area (Å²) in [5, 5.41) is -0.101. The van der Waals surface area contributed by atoms with Crippen molar-refractivity contribution in [3.8, 4) is 0 Å². The Morgan fingerprint density at radius 1 is 1.00 bits per heavy atom. The highest BCUT2D eigenvalue weighted by atomic mass is 32.2. The third-order valence-corrected chi connectivity index (χ3v) is 12.1. The van der Waals surface area contributed by atoms with Gasteiger partial charge in [-0.15, -0.1) is 0 Å². The van der Waals surface area contributed by atoms with Crippen LogP contribution in [0.25, 0.3) is 0 Å². The van der Waals surface area contributed by atoms with Gasteiger partial charge < -0.3 is 4.90 Å². The van der Waals surface area contributed by atoms with Crippen molar-refractivity contribution in [3.05, 3.63) is 23.3 Å². The highest BCUT2D eigenvalue weighted by molar-refractivity contribution is 7.90. The van der Waals surface area contributed by atoms with Gasteiger partial charge in [-0.25, -0.2) is 22.7 Å². The summed E-state index contributed by atoms with van der Waals surface area (Å²) in [6.45, 7) is 12.8. The molecule has 4 heterocycles. The van der Waals surface area contributed by atoms with Crippen LogP contribution in [0.3, 0.4) is 0 Å². The molecule has 4 aliphatic rings. The van der Waals surface area contributed by atoms with Crippen LogP contribution in [0, 0.1) is 19.8 Å². The van der Waals surface area contributed by atoms with Crippen molar-refractivity contribution < 1.29 is 13.2 Å². The number of piperidine rings is 2. The quantitative estimate of drug-likeness (QED) is 0.543. The van der Waals surface area contributed by atoms with E-state index in [4.69, 9.17) is 12.6 Å². The predicted octanol–water partition coefficient (Wildman–Crippen LogP) is 2.17. The molecule has 1 amide bonds. The Balaban J connectivity index is 1.10. The number of rotatable bonds is 6. The van der Waals surface area contributed by atoms with Gasteiger partial charge in [-0.1, -0.05) is 0 Å². The number of amides is 1. The van der Waals surface area contributed by atoms with Crippen molar-refractivity contribution in [1.29, 1.82) is 0 Å². The van der Waals surface area contributed by atoms with E-state index in [-0.39, 0.29) is 16.0 Å². The molecule has 5 rings (SSSR count). The number of carbonyl (C=O) groups is 1. The first kappa shape index (κ1) is 27.3. The fourth-order valence-electron chi connectivity index (χ4n) is 6.34. The average Bonchev–Trinajstić information content (AvgIpc) is 3.72. The van der Waals surface area contributed by atoms with Crippen LogP contribution in [0.15, 0.2) is 6.33 Å². The summed E-state index contributed by atoms with van der Waals surface area (Å²) >= 11 is 5.17. The van der Waals surface area contributed by atoms with E-state index in [2.05, 4.69) is 26.7 Å². The molecular weight excluding hydrogens is 508 g/mol. The molecule has 1 unspecified atom stereocenters. The molecule has 4 fully saturated rings. The third kappa shape index (κ3) is 5.71. The number of aryl methyl sites for hydroxylation is 2. The number of sulfonamides is 1. The minimum atomic E-state index is -3.04. The van der Waals surface area contributed by atoms with Gasteiger partial charge in [0.05, 0.1) is 27.1 Å². The lowest BCUT2D eigenvalue weighted by Crippen LogP contribution is -2.61. The fraction of sp³-hybridized carbons (Fsp3) is 0.808. The molecule has 0 N–H and O–H groups in total. The normalized spacial score (nSPS) is 26.9. The average molecular weight is 551 g/mol. The fourth-order valence-corrected chi connectivity index (χ4v) is 8.60. The van der Waals surface area contributed by atoms with E-state index in [1.54, 1.807) is 4.31 Å². The molecule has 9 nitrogen and oxygen atoms in total. The zero-order valence-electron chi connectivity index (χ0n) is 22.5. The summed E-state index contributed by atoms with van der Waals surface area (Å²) in [5.41, 5.74) is 2.10. The van der Waals surface area contributed by atoms with Crippen molar-refractivity contribution in [2.24, 2.45) is 5.92 Å². The Bertz CT molecular complexity index is 1080. The monoisotopic (exact) mass is 550 g/mol. The maximum absolute atomic E-state index is 13.2. The predicted molar refractivity (Wildman–Crippen MR) is 147 cm³/mol. The third-order valence-electron chi connectivity index (χ3n) is 9.02. The highest BCUT2D eigenvalue weighted by Crippen LogP contribution is 2.36. The van der Waals surface area contributed by atoms with Crippen molar-refractivity contribution in [1.82, 2.24) is 29.0 Å². The molecule has 1 aromatic heterocycles. The van der Waals surface area contributed by atoms with Crippen LogP contribution >= 0.6 is 12.6 Å². The number of hydrogen-bond donors (Lipinski definition) is 1. The summed E-state index contributed by atoms with van der Waals surface area (Å²) in [6.07, 6.45) is 6.80. The van der Waals surface area contributed by atoms with Crippen LogP contribution in [0.4, 0.5) is 0 Å². The van der Waals surface area contributed by atoms with Gasteiger partial charge in [-0.3, -0.25) is 14.6 Å². The van der Waals surface area contributed by atoms with Crippen molar-refractivity contribution in [2.75, 3.05) is 52.4 Å². The topological polar surface area (TPSA) is 90.0 Å². The first-order valence-corrected chi connectivity index (χ1v) is 15.8. The Morgan fingerprint density at radius 3 is 2.19 bits per heavy atom. The Morgan fingerprint density at radius 2 is 1.62 bits per heavy atom. The zero-order chi connectivity index (χ0) is 26.4.